The topological polar surface area (TPSA) is 65.0 Å². The van der Waals surface area contributed by atoms with Gasteiger partial charge in [0.05, 0.1) is 11.2 Å². The molecular formula is C19H14N4O2S. The van der Waals surface area contributed by atoms with Gasteiger partial charge in [-0.15, -0.1) is 0 Å². The van der Waals surface area contributed by atoms with Crippen molar-refractivity contribution in [3.63, 3.8) is 0 Å². The Hall–Kier alpha value is -3.19. The van der Waals surface area contributed by atoms with E-state index >= 15 is 0 Å². The summed E-state index contributed by atoms with van der Waals surface area (Å²) >= 11 is 5.50. The predicted molar refractivity (Wildman–Crippen MR) is 100 cm³/mol. The van der Waals surface area contributed by atoms with Crippen LogP contribution in [-0.4, -0.2) is 26.5 Å². The van der Waals surface area contributed by atoms with Crippen LogP contribution < -0.4 is 9.47 Å². The fraction of sp³-hybridized carbons (Fsp3) is 0.105. The summed E-state index contributed by atoms with van der Waals surface area (Å²) < 4.78 is 13.3. The number of rotatable bonds is 2. The molecule has 4 aromatic rings. The number of ether oxygens (including phenoxy) is 2. The van der Waals surface area contributed by atoms with Crippen molar-refractivity contribution in [2.45, 2.75) is 6.92 Å². The van der Waals surface area contributed by atoms with Gasteiger partial charge in [0.15, 0.2) is 22.1 Å². The highest BCUT2D eigenvalue weighted by Gasteiger charge is 2.18. The molecule has 7 heteroatoms. The average Bonchev–Trinajstić information content (AvgIpc) is 3.26. The first-order valence-corrected chi connectivity index (χ1v) is 8.56. The zero-order valence-corrected chi connectivity index (χ0v) is 14.7. The molecule has 0 aliphatic carbocycles. The monoisotopic (exact) mass is 362 g/mol. The normalized spacial score (nSPS) is 12.7. The van der Waals surface area contributed by atoms with Gasteiger partial charge < -0.3 is 9.47 Å². The molecule has 6 nitrogen and oxygen atoms in total. The molecule has 0 radical (unpaired) electrons. The maximum atomic E-state index is 5.50. The zero-order chi connectivity index (χ0) is 17.7. The number of H-pyrrole nitrogens is 1. The van der Waals surface area contributed by atoms with E-state index in [0.717, 1.165) is 39.4 Å². The lowest BCUT2D eigenvalue weighted by Crippen LogP contribution is -1.99. The van der Waals surface area contributed by atoms with Gasteiger partial charge in [0.25, 0.3) is 0 Å². The number of hydrogen-bond donors (Lipinski definition) is 1. The van der Waals surface area contributed by atoms with Crippen LogP contribution in [0.5, 0.6) is 11.5 Å². The summed E-state index contributed by atoms with van der Waals surface area (Å²) in [6, 6.07) is 15.8. The first-order valence-electron chi connectivity index (χ1n) is 8.15. The summed E-state index contributed by atoms with van der Waals surface area (Å²) in [5.41, 5.74) is 3.68. The van der Waals surface area contributed by atoms with Crippen molar-refractivity contribution >= 4 is 23.1 Å². The van der Waals surface area contributed by atoms with E-state index in [-0.39, 0.29) is 6.79 Å². The Morgan fingerprint density at radius 2 is 1.92 bits per heavy atom. The Labute approximate surface area is 154 Å². The van der Waals surface area contributed by atoms with Crippen molar-refractivity contribution in [2.24, 2.45) is 0 Å². The fourth-order valence-electron chi connectivity index (χ4n) is 3.23. The summed E-state index contributed by atoms with van der Waals surface area (Å²) in [7, 11) is 0. The minimum absolute atomic E-state index is 0.233. The number of nitrogens with one attached hydrogen (secondary N) is 1. The van der Waals surface area contributed by atoms with Crippen molar-refractivity contribution in [1.82, 2.24) is 19.7 Å². The number of aromatic nitrogens is 4. The van der Waals surface area contributed by atoms with E-state index in [2.05, 4.69) is 15.2 Å². The maximum Gasteiger partial charge on any atom is 0.231 e. The standard InChI is InChI=1S/C19H14N4O2S/c1-11-8-14(13-4-2-3-5-15(13)20-11)18-21-22-19(26)23(18)12-6-7-16-17(9-12)25-10-24-16/h2-9H,10H2,1H3,(H,22,26). The van der Waals surface area contributed by atoms with Gasteiger partial charge in [0, 0.05) is 22.7 Å². The summed E-state index contributed by atoms with van der Waals surface area (Å²) in [5, 5.41) is 8.42. The minimum atomic E-state index is 0.233. The Bertz CT molecular complexity index is 1210. The number of aryl methyl sites for hydroxylation is 1. The molecule has 0 atom stereocenters. The summed E-state index contributed by atoms with van der Waals surface area (Å²) in [6.07, 6.45) is 0. The Kier molecular flexibility index (Phi) is 3.29. The first kappa shape index (κ1) is 15.1. The van der Waals surface area contributed by atoms with Gasteiger partial charge in [-0.2, -0.15) is 5.10 Å². The van der Waals surface area contributed by atoms with Gasteiger partial charge in [0.2, 0.25) is 6.79 Å². The van der Waals surface area contributed by atoms with Gasteiger partial charge in [-0.05, 0) is 43.4 Å². The number of fused-ring (bicyclic) bond motifs is 2. The predicted octanol–water partition coefficient (Wildman–Crippen LogP) is 4.18. The van der Waals surface area contributed by atoms with E-state index in [1.54, 1.807) is 0 Å². The first-order chi connectivity index (χ1) is 12.7. The molecule has 0 fully saturated rings. The third-order valence-corrected chi connectivity index (χ3v) is 4.65. The Balaban J connectivity index is 1.77. The molecule has 0 bridgehead atoms. The average molecular weight is 362 g/mol. The molecule has 0 saturated heterocycles. The lowest BCUT2D eigenvalue weighted by atomic mass is 10.1. The Morgan fingerprint density at radius 1 is 1.08 bits per heavy atom. The second kappa shape index (κ2) is 5.67. The number of benzene rings is 2. The molecule has 1 N–H and O–H groups in total. The summed E-state index contributed by atoms with van der Waals surface area (Å²) in [4.78, 5) is 4.61. The van der Waals surface area contributed by atoms with Crippen molar-refractivity contribution in [2.75, 3.05) is 6.79 Å². The van der Waals surface area contributed by atoms with Crippen LogP contribution in [0, 0.1) is 11.7 Å². The summed E-state index contributed by atoms with van der Waals surface area (Å²) in [5.74, 6) is 2.17. The number of aromatic amines is 1. The SMILES string of the molecule is Cc1cc(-c2n[nH]c(=S)n2-c2ccc3c(c2)OCO3)c2ccccc2n1. The van der Waals surface area contributed by atoms with Crippen LogP contribution in [0.3, 0.4) is 0 Å². The van der Waals surface area contributed by atoms with Crippen LogP contribution in [0.15, 0.2) is 48.5 Å². The van der Waals surface area contributed by atoms with Gasteiger partial charge >= 0.3 is 0 Å². The van der Waals surface area contributed by atoms with Crippen LogP contribution in [0.25, 0.3) is 28.0 Å². The van der Waals surface area contributed by atoms with Crippen molar-refractivity contribution < 1.29 is 9.47 Å². The molecule has 0 saturated carbocycles. The number of nitrogens with zero attached hydrogens (tertiary/aromatic N) is 3. The van der Waals surface area contributed by atoms with E-state index in [1.165, 1.54) is 0 Å². The van der Waals surface area contributed by atoms with Crippen molar-refractivity contribution in [3.8, 4) is 28.6 Å². The second-order valence-electron chi connectivity index (χ2n) is 6.05. The molecule has 1 aliphatic rings. The molecule has 0 amide bonds. The third kappa shape index (κ3) is 2.28. The molecule has 3 heterocycles. The van der Waals surface area contributed by atoms with Gasteiger partial charge in [-0.3, -0.25) is 14.6 Å². The smallest absolute Gasteiger partial charge is 0.231 e. The van der Waals surface area contributed by atoms with Crippen LogP contribution in [0.4, 0.5) is 0 Å². The molecule has 0 unspecified atom stereocenters. The molecule has 128 valence electrons. The van der Waals surface area contributed by atoms with Crippen LogP contribution in [-0.2, 0) is 0 Å². The van der Waals surface area contributed by atoms with E-state index in [9.17, 15) is 0 Å². The highest BCUT2D eigenvalue weighted by Crippen LogP contribution is 2.35. The zero-order valence-electron chi connectivity index (χ0n) is 13.9. The quantitative estimate of drug-likeness (QED) is 0.542. The second-order valence-corrected chi connectivity index (χ2v) is 6.44. The molecule has 2 aromatic heterocycles. The molecule has 1 aliphatic heterocycles. The number of para-hydroxylation sites is 1. The molecule has 0 spiro atoms. The number of pyridine rings is 1. The van der Waals surface area contributed by atoms with Crippen LogP contribution >= 0.6 is 12.2 Å². The van der Waals surface area contributed by atoms with E-state index in [0.29, 0.717) is 10.5 Å². The Morgan fingerprint density at radius 3 is 2.85 bits per heavy atom. The molecule has 2 aromatic carbocycles. The fourth-order valence-corrected chi connectivity index (χ4v) is 3.47. The van der Waals surface area contributed by atoms with Gasteiger partial charge in [0.1, 0.15) is 0 Å². The lowest BCUT2D eigenvalue weighted by molar-refractivity contribution is 0.174. The minimum Gasteiger partial charge on any atom is -0.454 e. The van der Waals surface area contributed by atoms with Gasteiger partial charge in [-0.25, -0.2) is 0 Å². The lowest BCUT2D eigenvalue weighted by Gasteiger charge is -2.10. The van der Waals surface area contributed by atoms with E-state index in [4.69, 9.17) is 21.7 Å². The van der Waals surface area contributed by atoms with Gasteiger partial charge in [-0.1, -0.05) is 18.2 Å². The molecular weight excluding hydrogens is 348 g/mol. The largest absolute Gasteiger partial charge is 0.454 e. The number of hydrogen-bond acceptors (Lipinski definition) is 5. The maximum absolute atomic E-state index is 5.50. The van der Waals surface area contributed by atoms with Crippen molar-refractivity contribution in [3.05, 3.63) is 59.0 Å². The highest BCUT2D eigenvalue weighted by molar-refractivity contribution is 7.71. The van der Waals surface area contributed by atoms with E-state index in [1.807, 2.05) is 60.0 Å². The molecule has 26 heavy (non-hydrogen) atoms. The highest BCUT2D eigenvalue weighted by atomic mass is 32.1. The van der Waals surface area contributed by atoms with Crippen molar-refractivity contribution in [1.29, 1.82) is 0 Å². The molecule has 5 rings (SSSR count). The van der Waals surface area contributed by atoms with Crippen LogP contribution in [0.1, 0.15) is 5.69 Å². The van der Waals surface area contributed by atoms with E-state index < -0.39 is 0 Å². The summed E-state index contributed by atoms with van der Waals surface area (Å²) in [6.45, 7) is 2.21. The third-order valence-electron chi connectivity index (χ3n) is 4.37. The van der Waals surface area contributed by atoms with Crippen LogP contribution in [0.2, 0.25) is 0 Å².